The molecule has 0 spiro atoms. The molecule has 0 radical (unpaired) electrons. The van der Waals surface area contributed by atoms with Crippen LogP contribution in [0.25, 0.3) is 0 Å². The molecule has 0 bridgehead atoms. The first-order valence-electron chi connectivity index (χ1n) is 3.90. The van der Waals surface area contributed by atoms with Crippen molar-refractivity contribution in [3.8, 4) is 0 Å². The molecule has 0 fully saturated rings. The standard InChI is InChI=1S/C6H5.C4H4N.Ti/c1-2-4-6-5-3-1;1-2-4-5-3-1;/h1-5H;1-4H;/q;-1;+1. The molecule has 1 aromatic heterocycles. The average Bonchev–Trinajstić information content (AvgIpc) is 2.59. The summed E-state index contributed by atoms with van der Waals surface area (Å²) in [4.78, 5) is 0. The summed E-state index contributed by atoms with van der Waals surface area (Å²) < 4.78 is 3.75. The molecule has 0 saturated carbocycles. The maximum atomic E-state index is 2.29. The Kier molecular flexibility index (Phi) is 2.45. The number of benzene rings is 1. The normalized spacial score (nSPS) is 9.67. The fraction of sp³-hybridized carbons (Fsp3) is 0. The van der Waals surface area contributed by atoms with E-state index in [4.69, 9.17) is 0 Å². The quantitative estimate of drug-likeness (QED) is 0.636. The van der Waals surface area contributed by atoms with Crippen molar-refractivity contribution in [3.63, 3.8) is 0 Å². The average molecular weight is 191 g/mol. The summed E-state index contributed by atoms with van der Waals surface area (Å²) >= 11 is -0.151. The summed E-state index contributed by atoms with van der Waals surface area (Å²) in [5, 5.41) is 0. The van der Waals surface area contributed by atoms with Gasteiger partial charge in [0.05, 0.1) is 0 Å². The van der Waals surface area contributed by atoms with Crippen LogP contribution in [0.5, 0.6) is 0 Å². The summed E-state index contributed by atoms with van der Waals surface area (Å²) in [6, 6.07) is 14.8. The Morgan fingerprint density at radius 1 is 0.833 bits per heavy atom. The van der Waals surface area contributed by atoms with Crippen molar-refractivity contribution in [2.75, 3.05) is 0 Å². The van der Waals surface area contributed by atoms with Crippen LogP contribution in [0.2, 0.25) is 0 Å². The van der Waals surface area contributed by atoms with Crippen molar-refractivity contribution in [3.05, 3.63) is 54.9 Å². The van der Waals surface area contributed by atoms with Crippen LogP contribution in [0.15, 0.2) is 54.9 Å². The van der Waals surface area contributed by atoms with E-state index >= 15 is 0 Å². The third kappa shape index (κ3) is 1.87. The molecule has 12 heavy (non-hydrogen) atoms. The monoisotopic (exact) mass is 191 g/mol. The fourth-order valence-electron chi connectivity index (χ4n) is 1.07. The number of aromatic nitrogens is 1. The molecule has 0 aliphatic heterocycles. The first-order valence-corrected chi connectivity index (χ1v) is 5.38. The Morgan fingerprint density at radius 2 is 1.50 bits per heavy atom. The van der Waals surface area contributed by atoms with Gasteiger partial charge in [-0.25, -0.2) is 0 Å². The van der Waals surface area contributed by atoms with Gasteiger partial charge in [0.15, 0.2) is 0 Å². The molecule has 0 aliphatic rings. The Balaban J connectivity index is 2.15. The van der Waals surface area contributed by atoms with Gasteiger partial charge >= 0.3 is 81.2 Å². The van der Waals surface area contributed by atoms with E-state index in [1.807, 2.05) is 0 Å². The van der Waals surface area contributed by atoms with Gasteiger partial charge in [0.2, 0.25) is 0 Å². The van der Waals surface area contributed by atoms with Gasteiger partial charge in [-0.1, -0.05) is 0 Å². The van der Waals surface area contributed by atoms with Crippen LogP contribution in [0.1, 0.15) is 0 Å². The van der Waals surface area contributed by atoms with Gasteiger partial charge in [-0.05, 0) is 0 Å². The van der Waals surface area contributed by atoms with Gasteiger partial charge in [0, 0.05) is 0 Å². The van der Waals surface area contributed by atoms with Gasteiger partial charge in [-0.2, -0.15) is 0 Å². The zero-order valence-electron chi connectivity index (χ0n) is 6.64. The van der Waals surface area contributed by atoms with Crippen LogP contribution in [-0.4, -0.2) is 3.05 Å². The van der Waals surface area contributed by atoms with Gasteiger partial charge in [0.1, 0.15) is 0 Å². The second-order valence-electron chi connectivity index (χ2n) is 2.57. The predicted octanol–water partition coefficient (Wildman–Crippen LogP) is 1.66. The van der Waals surface area contributed by atoms with E-state index in [0.717, 1.165) is 0 Å². The Morgan fingerprint density at radius 3 is 2.17 bits per heavy atom. The topological polar surface area (TPSA) is 4.93 Å². The van der Waals surface area contributed by atoms with Crippen LogP contribution in [0.4, 0.5) is 0 Å². The van der Waals surface area contributed by atoms with Crippen molar-refractivity contribution >= 4 is 3.87 Å². The Hall–Kier alpha value is -0.786. The van der Waals surface area contributed by atoms with E-state index in [9.17, 15) is 0 Å². The predicted molar refractivity (Wildman–Crippen MR) is 45.9 cm³/mol. The SMILES string of the molecule is c1cc[c]([Ti][n]2cccc2)cc1. The van der Waals surface area contributed by atoms with Crippen LogP contribution in [0, 0.1) is 0 Å². The van der Waals surface area contributed by atoms with E-state index in [0.29, 0.717) is 0 Å². The number of hydrogen-bond donors (Lipinski definition) is 0. The molecule has 1 heterocycles. The van der Waals surface area contributed by atoms with Crippen molar-refractivity contribution in [2.45, 2.75) is 0 Å². The molecule has 58 valence electrons. The number of nitrogens with zero attached hydrogens (tertiary/aromatic N) is 1. The molecule has 0 unspecified atom stereocenters. The van der Waals surface area contributed by atoms with Crippen molar-refractivity contribution in [1.82, 2.24) is 3.05 Å². The van der Waals surface area contributed by atoms with Crippen LogP contribution in [-0.2, 0) is 19.4 Å². The summed E-state index contributed by atoms with van der Waals surface area (Å²) in [6.07, 6.45) is 4.26. The molecule has 0 atom stereocenters. The molecule has 0 N–H and O–H groups in total. The Bertz CT molecular complexity index is 326. The van der Waals surface area contributed by atoms with Crippen molar-refractivity contribution in [2.24, 2.45) is 0 Å². The van der Waals surface area contributed by atoms with Crippen molar-refractivity contribution < 1.29 is 19.4 Å². The minimum atomic E-state index is -0.151. The molecule has 1 aromatic carbocycles. The Labute approximate surface area is 81.3 Å². The molecule has 1 nitrogen and oxygen atoms in total. The van der Waals surface area contributed by atoms with E-state index in [-0.39, 0.29) is 19.4 Å². The van der Waals surface area contributed by atoms with Crippen LogP contribution < -0.4 is 3.87 Å². The van der Waals surface area contributed by atoms with Gasteiger partial charge in [-0.3, -0.25) is 0 Å². The summed E-state index contributed by atoms with van der Waals surface area (Å²) in [5.41, 5.74) is 0. The number of hydrogen-bond acceptors (Lipinski definition) is 0. The van der Waals surface area contributed by atoms with Crippen LogP contribution in [0.3, 0.4) is 0 Å². The second-order valence-corrected chi connectivity index (χ2v) is 4.63. The first-order chi connectivity index (χ1) is 5.95. The zero-order valence-corrected chi connectivity index (χ0v) is 8.20. The van der Waals surface area contributed by atoms with E-state index in [1.165, 1.54) is 3.87 Å². The third-order valence-corrected chi connectivity index (χ3v) is 3.43. The first kappa shape index (κ1) is 7.84. The van der Waals surface area contributed by atoms with Gasteiger partial charge in [0.25, 0.3) is 0 Å². The molecular weight excluding hydrogens is 182 g/mol. The summed E-state index contributed by atoms with van der Waals surface area (Å²) in [6.45, 7) is 0. The second kappa shape index (κ2) is 3.75. The molecule has 0 saturated heterocycles. The maximum absolute atomic E-state index is 2.29. The van der Waals surface area contributed by atoms with Crippen LogP contribution >= 0.6 is 0 Å². The van der Waals surface area contributed by atoms with Crippen molar-refractivity contribution in [1.29, 1.82) is 0 Å². The summed E-state index contributed by atoms with van der Waals surface area (Å²) in [7, 11) is 0. The fourth-order valence-corrected chi connectivity index (χ4v) is 2.57. The van der Waals surface area contributed by atoms with E-state index in [1.54, 1.807) is 0 Å². The zero-order chi connectivity index (χ0) is 8.23. The van der Waals surface area contributed by atoms with Gasteiger partial charge in [-0.15, -0.1) is 0 Å². The van der Waals surface area contributed by atoms with Gasteiger partial charge < -0.3 is 0 Å². The minimum absolute atomic E-state index is 0.151. The summed E-state index contributed by atoms with van der Waals surface area (Å²) in [5.74, 6) is 0. The molecule has 2 aromatic rings. The molecule has 2 rings (SSSR count). The molecule has 0 amide bonds. The third-order valence-electron chi connectivity index (χ3n) is 1.64. The number of rotatable bonds is 2. The molecule has 2 heteroatoms. The molecule has 0 aliphatic carbocycles. The van der Waals surface area contributed by atoms with E-state index in [2.05, 4.69) is 57.9 Å². The molecular formula is C10H9NTi. The van der Waals surface area contributed by atoms with E-state index < -0.39 is 0 Å².